The Balaban J connectivity index is 0.000000368. The van der Waals surface area contributed by atoms with Crippen LogP contribution in [0, 0.1) is 123 Å². The molecule has 0 heterocycles. The maximum Gasteiger partial charge on any atom is 0.200 e. The molecule has 5 rings (SSSR count). The van der Waals surface area contributed by atoms with E-state index < -0.39 is 144 Å². The Labute approximate surface area is 484 Å². The number of nitrogens with one attached hydrogen (secondary N) is 1. The third kappa shape index (κ3) is 17.9. The van der Waals surface area contributed by atoms with E-state index in [1.54, 1.807) is 4.90 Å². The van der Waals surface area contributed by atoms with E-state index in [0.29, 0.717) is 0 Å². The second-order valence-corrected chi connectivity index (χ2v) is 22.0. The first-order valence-electron chi connectivity index (χ1n) is 29.6. The van der Waals surface area contributed by atoms with Gasteiger partial charge in [0.2, 0.25) is 0 Å². The second-order valence-electron chi connectivity index (χ2n) is 22.0. The normalized spacial score (nSPS) is 11.8. The second kappa shape index (κ2) is 35.5. The van der Waals surface area contributed by atoms with Crippen LogP contribution in [0.3, 0.4) is 0 Å². The van der Waals surface area contributed by atoms with Gasteiger partial charge in [-0.25, -0.2) is 87.8 Å². The predicted molar refractivity (Wildman–Crippen MR) is 291 cm³/mol. The largest absolute Gasteiger partial charge is 0.302 e. The maximum atomic E-state index is 15.4. The molecule has 0 aliphatic carbocycles. The molecule has 0 amide bonds. The fraction of sp³-hybridized carbons (Fsp3) is 0.524. The van der Waals surface area contributed by atoms with E-state index in [1.807, 2.05) is 0 Å². The van der Waals surface area contributed by atoms with Gasteiger partial charge in [-0.3, -0.25) is 0 Å². The van der Waals surface area contributed by atoms with Gasteiger partial charge in [-0.1, -0.05) is 186 Å². The van der Waals surface area contributed by atoms with Crippen LogP contribution in [0.1, 0.15) is 199 Å². The van der Waals surface area contributed by atoms with Gasteiger partial charge in [0, 0.05) is 0 Å². The van der Waals surface area contributed by atoms with Crippen LogP contribution >= 0.6 is 0 Å². The summed E-state index contributed by atoms with van der Waals surface area (Å²) < 4.78 is 294. The van der Waals surface area contributed by atoms with Crippen molar-refractivity contribution >= 4 is 33.7 Å². The highest BCUT2D eigenvalue weighted by atomic mass is 19.2. The van der Waals surface area contributed by atoms with Gasteiger partial charge < -0.3 is 4.90 Å². The topological polar surface area (TPSA) is 4.44 Å². The summed E-state index contributed by atoms with van der Waals surface area (Å²) in [5, 5.41) is 0. The number of rotatable bonds is 35. The molecule has 1 nitrogen and oxygen atoms in total. The summed E-state index contributed by atoms with van der Waals surface area (Å²) in [5.41, 5.74) is -11.4. The van der Waals surface area contributed by atoms with Crippen molar-refractivity contribution in [2.75, 3.05) is 13.1 Å². The van der Waals surface area contributed by atoms with Crippen molar-refractivity contribution in [3.63, 3.8) is 0 Å². The van der Waals surface area contributed by atoms with Crippen LogP contribution in [-0.4, -0.2) is 19.2 Å². The van der Waals surface area contributed by atoms with Crippen LogP contribution in [-0.2, 0) is 0 Å². The molecule has 5 aromatic rings. The minimum Gasteiger partial charge on any atom is -0.302 e. The summed E-state index contributed by atoms with van der Waals surface area (Å²) >= 11 is 0. The van der Waals surface area contributed by atoms with Crippen molar-refractivity contribution < 1.29 is 92.7 Å². The van der Waals surface area contributed by atoms with Gasteiger partial charge >= 0.3 is 0 Å². The van der Waals surface area contributed by atoms with Crippen molar-refractivity contribution in [2.24, 2.45) is 0 Å². The van der Waals surface area contributed by atoms with Crippen LogP contribution in [0.5, 0.6) is 0 Å². The Hall–Kier alpha value is -5.28. The van der Waals surface area contributed by atoms with Crippen LogP contribution < -0.4 is 26.8 Å². The Morgan fingerprint density at radius 3 is 0.588 bits per heavy atom. The standard InChI is InChI=1S/C39H73N.C24BF20/c1-4-6-8-10-12-14-16-18-20-22-24-26-28-30-36-40(39-34-32-38(3)33-35-39)37-31-29-27-25-23-21-19-17-15-13-11-9-7-5-2;26-5-1(6(27)14(35)21(42)13(5)34)25(2-7(28)15(36)22(43)16(37)8(2)29,3-9(30)17(38)23(44)18(39)10(3)31)4-11(32)19(40)24(45)20(41)12(4)33/h32-35H,4-31,36-37H2,1-3H3;/q;-1/p+1. The maximum absolute atomic E-state index is 15.4. The molecule has 0 fully saturated rings. The lowest BCUT2D eigenvalue weighted by atomic mass is 9.12. The fourth-order valence-corrected chi connectivity index (χ4v) is 11.1. The summed E-state index contributed by atoms with van der Waals surface area (Å²) in [5.74, 6) is -71.4. The molecule has 5 aromatic carbocycles. The number of benzene rings is 5. The zero-order chi connectivity index (χ0) is 63.1. The van der Waals surface area contributed by atoms with Crippen molar-refractivity contribution in [3.05, 3.63) is 146 Å². The van der Waals surface area contributed by atoms with Gasteiger partial charge in [0.15, 0.2) is 69.8 Å². The number of halogens is 20. The Morgan fingerprint density at radius 1 is 0.235 bits per heavy atom. The summed E-state index contributed by atoms with van der Waals surface area (Å²) in [6.45, 7) is 9.47. The number of hydrogen-bond acceptors (Lipinski definition) is 0. The molecule has 474 valence electrons. The first-order chi connectivity index (χ1) is 40.5. The van der Waals surface area contributed by atoms with Crippen molar-refractivity contribution in [1.82, 2.24) is 0 Å². The number of quaternary nitrogens is 1. The molecule has 0 radical (unpaired) electrons. The molecular formula is C63H74BF20N. The van der Waals surface area contributed by atoms with E-state index >= 15 is 35.1 Å². The summed E-state index contributed by atoms with van der Waals surface area (Å²) in [6, 6.07) is 9.40. The molecule has 0 aliphatic rings. The van der Waals surface area contributed by atoms with Gasteiger partial charge in [-0.2, -0.15) is 0 Å². The van der Waals surface area contributed by atoms with Crippen LogP contribution in [0.25, 0.3) is 0 Å². The Morgan fingerprint density at radius 2 is 0.400 bits per heavy atom. The SMILES string of the molecule is CCCCCCCCCCCCCCCC[NH+](CCCCCCCCCCCCCCCC)c1ccc(C)cc1.Fc1c(F)c(F)c([B-](c2c(F)c(F)c(F)c(F)c2F)(c2c(F)c(F)c(F)c(F)c2F)c2c(F)c(F)c(F)c(F)c2F)c(F)c1F. The first kappa shape index (κ1) is 72.2. The fourth-order valence-electron chi connectivity index (χ4n) is 11.1. The summed E-state index contributed by atoms with van der Waals surface area (Å²) in [6.07, 6.45) is 33.3. The average molecular weight is 1240 g/mol. The molecule has 0 unspecified atom stereocenters. The van der Waals surface area contributed by atoms with Crippen LogP contribution in [0.4, 0.5) is 93.5 Å². The zero-order valence-electron chi connectivity index (χ0n) is 48.2. The Kier molecular flexibility index (Phi) is 30.2. The first-order valence-corrected chi connectivity index (χ1v) is 29.6. The minimum atomic E-state index is -7.22. The highest BCUT2D eigenvalue weighted by molar-refractivity contribution is 7.20. The number of unbranched alkanes of at least 4 members (excludes halogenated alkanes) is 26. The molecule has 22 heteroatoms. The van der Waals surface area contributed by atoms with E-state index in [1.165, 1.54) is 204 Å². The minimum absolute atomic E-state index is 1.32. The third-order valence-corrected chi connectivity index (χ3v) is 15.8. The molecule has 0 bridgehead atoms. The number of aryl methyl sites for hydroxylation is 1. The highest BCUT2D eigenvalue weighted by Gasteiger charge is 2.52. The lowest BCUT2D eigenvalue weighted by Crippen LogP contribution is -3.07. The lowest BCUT2D eigenvalue weighted by Gasteiger charge is -2.44. The van der Waals surface area contributed by atoms with Crippen LogP contribution in [0.15, 0.2) is 24.3 Å². The molecule has 1 N–H and O–H groups in total. The van der Waals surface area contributed by atoms with Crippen molar-refractivity contribution in [3.8, 4) is 0 Å². The molecule has 0 spiro atoms. The molecule has 0 aliphatic heterocycles. The zero-order valence-corrected chi connectivity index (χ0v) is 48.2. The van der Waals surface area contributed by atoms with Crippen LogP contribution in [0.2, 0.25) is 0 Å². The molecule has 85 heavy (non-hydrogen) atoms. The van der Waals surface area contributed by atoms with E-state index in [0.717, 1.165) is 0 Å². The summed E-state index contributed by atoms with van der Waals surface area (Å²) in [7, 11) is 0. The van der Waals surface area contributed by atoms with E-state index in [-0.39, 0.29) is 0 Å². The van der Waals surface area contributed by atoms with Crippen molar-refractivity contribution in [1.29, 1.82) is 0 Å². The molecular weight excluding hydrogens is 1160 g/mol. The molecule has 0 saturated heterocycles. The van der Waals surface area contributed by atoms with E-state index in [9.17, 15) is 52.7 Å². The van der Waals surface area contributed by atoms with E-state index in [4.69, 9.17) is 0 Å². The molecule has 0 aromatic heterocycles. The van der Waals surface area contributed by atoms with Gasteiger partial charge in [0.25, 0.3) is 0 Å². The monoisotopic (exact) mass is 1240 g/mol. The smallest absolute Gasteiger partial charge is 0.200 e. The quantitative estimate of drug-likeness (QED) is 0.0136. The Bertz CT molecular complexity index is 2500. The third-order valence-electron chi connectivity index (χ3n) is 15.8. The highest BCUT2D eigenvalue weighted by Crippen LogP contribution is 2.31. The number of hydrogen-bond donors (Lipinski definition) is 1. The van der Waals surface area contributed by atoms with Gasteiger partial charge in [0.1, 0.15) is 58.4 Å². The van der Waals surface area contributed by atoms with E-state index in [2.05, 4.69) is 45.0 Å². The van der Waals surface area contributed by atoms with Gasteiger partial charge in [-0.15, -0.1) is 21.9 Å². The molecule has 0 atom stereocenters. The lowest BCUT2D eigenvalue weighted by molar-refractivity contribution is -0.833. The summed E-state index contributed by atoms with van der Waals surface area (Å²) in [4.78, 5) is 1.73. The molecule has 0 saturated carbocycles. The van der Waals surface area contributed by atoms with Gasteiger partial charge in [0.05, 0.1) is 13.1 Å². The predicted octanol–water partition coefficient (Wildman–Crippen LogP) is 18.3. The van der Waals surface area contributed by atoms with Gasteiger partial charge in [-0.05, 0) is 44.7 Å². The van der Waals surface area contributed by atoms with Crippen molar-refractivity contribution in [2.45, 2.75) is 201 Å². The average Bonchev–Trinajstić information content (AvgIpc) is 0.715.